The van der Waals surface area contributed by atoms with Crippen molar-refractivity contribution in [2.45, 2.75) is 11.9 Å². The van der Waals surface area contributed by atoms with E-state index in [0.717, 1.165) is 21.9 Å². The zero-order valence-corrected chi connectivity index (χ0v) is 8.64. The van der Waals surface area contributed by atoms with Crippen molar-refractivity contribution in [3.8, 4) is 0 Å². The number of imidazole rings is 1. The van der Waals surface area contributed by atoms with Gasteiger partial charge in [-0.1, -0.05) is 23.9 Å². The van der Waals surface area contributed by atoms with Gasteiger partial charge in [0.15, 0.2) is 5.65 Å². The second-order valence-corrected chi connectivity index (χ2v) is 3.99. The van der Waals surface area contributed by atoms with E-state index in [0.29, 0.717) is 5.65 Å². The third kappa shape index (κ3) is 1.77. The van der Waals surface area contributed by atoms with Crippen molar-refractivity contribution in [1.82, 2.24) is 19.9 Å². The van der Waals surface area contributed by atoms with E-state index in [-0.39, 0.29) is 0 Å². The van der Waals surface area contributed by atoms with Crippen LogP contribution in [-0.4, -0.2) is 25.7 Å². The third-order valence-electron chi connectivity index (χ3n) is 1.64. The standard InChI is InChI=1S/C9H10N4S/c1-6(2)3-14-9-7-8(11-4-10-7)12-5-13-9/h4-5H,1,3H2,2H3,(H,10,11,12,13). The first-order valence-corrected chi connectivity index (χ1v) is 5.17. The van der Waals surface area contributed by atoms with Gasteiger partial charge in [-0.2, -0.15) is 0 Å². The monoisotopic (exact) mass is 206 g/mol. The van der Waals surface area contributed by atoms with Crippen molar-refractivity contribution in [3.05, 3.63) is 24.8 Å². The lowest BCUT2D eigenvalue weighted by atomic mass is 10.4. The van der Waals surface area contributed by atoms with Crippen LogP contribution in [0.4, 0.5) is 0 Å². The van der Waals surface area contributed by atoms with Gasteiger partial charge in [-0.15, -0.1) is 0 Å². The molecule has 0 atom stereocenters. The Kier molecular flexibility index (Phi) is 2.49. The molecule has 5 heteroatoms. The number of hydrogen-bond acceptors (Lipinski definition) is 4. The van der Waals surface area contributed by atoms with Crippen molar-refractivity contribution < 1.29 is 0 Å². The minimum absolute atomic E-state index is 0.712. The van der Waals surface area contributed by atoms with Gasteiger partial charge in [-0.05, 0) is 6.92 Å². The molecular weight excluding hydrogens is 196 g/mol. The number of thioether (sulfide) groups is 1. The highest BCUT2D eigenvalue weighted by Gasteiger charge is 2.05. The molecule has 72 valence electrons. The maximum Gasteiger partial charge on any atom is 0.181 e. The fraction of sp³-hybridized carbons (Fsp3) is 0.222. The van der Waals surface area contributed by atoms with E-state index >= 15 is 0 Å². The molecule has 0 saturated carbocycles. The Morgan fingerprint density at radius 1 is 1.50 bits per heavy atom. The van der Waals surface area contributed by atoms with Gasteiger partial charge in [0.1, 0.15) is 16.9 Å². The molecule has 0 amide bonds. The predicted octanol–water partition coefficient (Wildman–Crippen LogP) is 2.02. The Morgan fingerprint density at radius 2 is 2.36 bits per heavy atom. The van der Waals surface area contributed by atoms with Crippen LogP contribution in [0.1, 0.15) is 6.92 Å². The van der Waals surface area contributed by atoms with Crippen LogP contribution in [0.2, 0.25) is 0 Å². The fourth-order valence-corrected chi connectivity index (χ4v) is 1.84. The van der Waals surface area contributed by atoms with E-state index in [1.165, 1.54) is 6.33 Å². The highest BCUT2D eigenvalue weighted by molar-refractivity contribution is 7.99. The van der Waals surface area contributed by atoms with Crippen molar-refractivity contribution >= 4 is 22.9 Å². The predicted molar refractivity (Wildman–Crippen MR) is 57.2 cm³/mol. The number of nitrogens with one attached hydrogen (secondary N) is 1. The number of rotatable bonds is 3. The molecule has 0 aliphatic heterocycles. The van der Waals surface area contributed by atoms with Crippen LogP contribution < -0.4 is 0 Å². The molecular formula is C9H10N4S. The summed E-state index contributed by atoms with van der Waals surface area (Å²) in [6, 6.07) is 0. The minimum atomic E-state index is 0.712. The van der Waals surface area contributed by atoms with E-state index in [9.17, 15) is 0 Å². The lowest BCUT2D eigenvalue weighted by Crippen LogP contribution is -1.87. The first-order chi connectivity index (χ1) is 6.77. The summed E-state index contributed by atoms with van der Waals surface area (Å²) in [5, 5.41) is 0.926. The third-order valence-corrected chi connectivity index (χ3v) is 2.86. The van der Waals surface area contributed by atoms with Crippen molar-refractivity contribution in [2.75, 3.05) is 5.75 Å². The molecule has 0 aliphatic carbocycles. The maximum atomic E-state index is 4.19. The van der Waals surface area contributed by atoms with E-state index in [1.54, 1.807) is 18.1 Å². The van der Waals surface area contributed by atoms with Crippen LogP contribution in [-0.2, 0) is 0 Å². The summed E-state index contributed by atoms with van der Waals surface area (Å²) in [6.45, 7) is 5.85. The summed E-state index contributed by atoms with van der Waals surface area (Å²) in [4.78, 5) is 15.3. The highest BCUT2D eigenvalue weighted by Crippen LogP contribution is 2.22. The van der Waals surface area contributed by atoms with Gasteiger partial charge in [0.05, 0.1) is 6.33 Å². The molecule has 4 nitrogen and oxygen atoms in total. The number of hydrogen-bond donors (Lipinski definition) is 1. The summed E-state index contributed by atoms with van der Waals surface area (Å²) in [7, 11) is 0. The Hall–Kier alpha value is -1.36. The smallest absolute Gasteiger partial charge is 0.181 e. The van der Waals surface area contributed by atoms with E-state index in [1.807, 2.05) is 6.92 Å². The minimum Gasteiger partial charge on any atom is -0.341 e. The number of H-pyrrole nitrogens is 1. The van der Waals surface area contributed by atoms with Crippen molar-refractivity contribution in [2.24, 2.45) is 0 Å². The Bertz CT molecular complexity index is 463. The average molecular weight is 206 g/mol. The first kappa shape index (κ1) is 9.21. The molecule has 2 aromatic rings. The Labute approximate surface area is 85.9 Å². The normalized spacial score (nSPS) is 10.6. The Morgan fingerprint density at radius 3 is 3.14 bits per heavy atom. The topological polar surface area (TPSA) is 54.5 Å². The van der Waals surface area contributed by atoms with Crippen molar-refractivity contribution in [3.63, 3.8) is 0 Å². The quantitative estimate of drug-likeness (QED) is 0.474. The molecule has 0 aliphatic rings. The van der Waals surface area contributed by atoms with E-state index < -0.39 is 0 Å². The summed E-state index contributed by atoms with van der Waals surface area (Å²) in [5.41, 5.74) is 2.74. The van der Waals surface area contributed by atoms with E-state index in [2.05, 4.69) is 26.5 Å². The molecule has 0 saturated heterocycles. The second kappa shape index (κ2) is 3.79. The molecule has 0 fully saturated rings. The largest absolute Gasteiger partial charge is 0.341 e. The zero-order chi connectivity index (χ0) is 9.97. The van der Waals surface area contributed by atoms with Crippen LogP contribution in [0.25, 0.3) is 11.2 Å². The number of fused-ring (bicyclic) bond motifs is 1. The summed E-state index contributed by atoms with van der Waals surface area (Å²) in [6.07, 6.45) is 3.16. The van der Waals surface area contributed by atoms with Gasteiger partial charge in [0, 0.05) is 5.75 Å². The van der Waals surface area contributed by atoms with Crippen LogP contribution >= 0.6 is 11.8 Å². The maximum absolute atomic E-state index is 4.19. The van der Waals surface area contributed by atoms with Gasteiger partial charge in [-0.3, -0.25) is 0 Å². The van der Waals surface area contributed by atoms with Crippen LogP contribution in [0.5, 0.6) is 0 Å². The average Bonchev–Trinajstić information content (AvgIpc) is 2.62. The lowest BCUT2D eigenvalue weighted by molar-refractivity contribution is 1.09. The SMILES string of the molecule is C=C(C)CSc1ncnc2nc[nH]c12. The van der Waals surface area contributed by atoms with Gasteiger partial charge in [-0.25, -0.2) is 15.0 Å². The van der Waals surface area contributed by atoms with Crippen LogP contribution in [0.3, 0.4) is 0 Å². The van der Waals surface area contributed by atoms with Gasteiger partial charge >= 0.3 is 0 Å². The van der Waals surface area contributed by atoms with Crippen LogP contribution in [0, 0.1) is 0 Å². The highest BCUT2D eigenvalue weighted by atomic mass is 32.2. The number of aromatic amines is 1. The number of nitrogens with zero attached hydrogens (tertiary/aromatic N) is 3. The molecule has 1 N–H and O–H groups in total. The summed E-state index contributed by atoms with van der Waals surface area (Å²) >= 11 is 1.64. The molecule has 0 radical (unpaired) electrons. The summed E-state index contributed by atoms with van der Waals surface area (Å²) < 4.78 is 0. The molecule has 0 spiro atoms. The zero-order valence-electron chi connectivity index (χ0n) is 7.82. The molecule has 0 aromatic carbocycles. The Balaban J connectivity index is 2.32. The van der Waals surface area contributed by atoms with Crippen LogP contribution in [0.15, 0.2) is 29.8 Å². The molecule has 14 heavy (non-hydrogen) atoms. The fourth-order valence-electron chi connectivity index (χ4n) is 1.04. The first-order valence-electron chi connectivity index (χ1n) is 4.18. The molecule has 2 rings (SSSR count). The van der Waals surface area contributed by atoms with Gasteiger partial charge < -0.3 is 4.98 Å². The molecule has 2 heterocycles. The second-order valence-electron chi connectivity index (χ2n) is 3.03. The van der Waals surface area contributed by atoms with Gasteiger partial charge in [0.2, 0.25) is 0 Å². The van der Waals surface area contributed by atoms with Gasteiger partial charge in [0.25, 0.3) is 0 Å². The molecule has 0 bridgehead atoms. The van der Waals surface area contributed by atoms with E-state index in [4.69, 9.17) is 0 Å². The molecule has 0 unspecified atom stereocenters. The summed E-state index contributed by atoms with van der Waals surface area (Å²) in [5.74, 6) is 0.866. The molecule has 2 aromatic heterocycles. The van der Waals surface area contributed by atoms with Crippen molar-refractivity contribution in [1.29, 1.82) is 0 Å². The number of aromatic nitrogens is 4. The lowest BCUT2D eigenvalue weighted by Gasteiger charge is -1.99.